The van der Waals surface area contributed by atoms with E-state index in [2.05, 4.69) is 27.2 Å². The summed E-state index contributed by atoms with van der Waals surface area (Å²) >= 11 is 1.75. The Labute approximate surface area is 171 Å². The summed E-state index contributed by atoms with van der Waals surface area (Å²) in [6, 6.07) is 7.62. The number of hydrogen-bond donors (Lipinski definition) is 0. The maximum absolute atomic E-state index is 5.42. The van der Waals surface area contributed by atoms with Crippen molar-refractivity contribution in [2.75, 3.05) is 20.7 Å². The molecule has 0 bridgehead atoms. The molecule has 8 nitrogen and oxygen atoms in total. The van der Waals surface area contributed by atoms with Crippen molar-refractivity contribution in [1.29, 1.82) is 0 Å². The lowest BCUT2D eigenvalue weighted by Crippen LogP contribution is -2.25. The number of hydrogen-bond acceptors (Lipinski definition) is 8. The molecule has 0 radical (unpaired) electrons. The number of thiophene rings is 1. The summed E-state index contributed by atoms with van der Waals surface area (Å²) in [6.07, 6.45) is 4.35. The van der Waals surface area contributed by atoms with Crippen LogP contribution in [0.5, 0.6) is 5.75 Å². The number of fused-ring (bicyclic) bond motifs is 5. The smallest absolute Gasteiger partial charge is 0.192 e. The van der Waals surface area contributed by atoms with Crippen molar-refractivity contribution in [3.63, 3.8) is 0 Å². The van der Waals surface area contributed by atoms with Gasteiger partial charge in [-0.2, -0.15) is 0 Å². The topological polar surface area (TPSA) is 77.1 Å². The van der Waals surface area contributed by atoms with Crippen LogP contribution >= 0.6 is 11.3 Å². The number of benzene rings is 1. The first-order chi connectivity index (χ1) is 14.2. The van der Waals surface area contributed by atoms with Crippen molar-refractivity contribution in [2.24, 2.45) is 5.16 Å². The molecular formula is C20H20N6O2S. The van der Waals surface area contributed by atoms with Crippen molar-refractivity contribution >= 4 is 33.4 Å². The predicted octanol–water partition coefficient (Wildman–Crippen LogP) is 2.89. The highest BCUT2D eigenvalue weighted by Crippen LogP contribution is 2.35. The molecule has 0 saturated heterocycles. The van der Waals surface area contributed by atoms with E-state index in [1.165, 1.54) is 10.4 Å². The summed E-state index contributed by atoms with van der Waals surface area (Å²) in [5.41, 5.74) is 3.04. The first-order valence-corrected chi connectivity index (χ1v) is 10.2. The average Bonchev–Trinajstić information content (AvgIpc) is 3.31. The van der Waals surface area contributed by atoms with Gasteiger partial charge in [0.15, 0.2) is 18.1 Å². The molecule has 0 spiro atoms. The Hall–Kier alpha value is -3.04. The molecule has 0 unspecified atom stereocenters. The lowest BCUT2D eigenvalue weighted by Gasteiger charge is -2.21. The zero-order valence-electron chi connectivity index (χ0n) is 16.2. The summed E-state index contributed by atoms with van der Waals surface area (Å²) in [6.45, 7) is 2.19. The zero-order chi connectivity index (χ0) is 19.8. The van der Waals surface area contributed by atoms with Gasteiger partial charge in [0.25, 0.3) is 0 Å². The van der Waals surface area contributed by atoms with E-state index in [4.69, 9.17) is 14.6 Å². The molecule has 1 aliphatic heterocycles. The van der Waals surface area contributed by atoms with Crippen molar-refractivity contribution in [3.05, 3.63) is 52.4 Å². The van der Waals surface area contributed by atoms with E-state index in [0.717, 1.165) is 46.7 Å². The Morgan fingerprint density at radius 1 is 1.31 bits per heavy atom. The van der Waals surface area contributed by atoms with E-state index >= 15 is 0 Å². The van der Waals surface area contributed by atoms with Crippen LogP contribution in [-0.4, -0.2) is 51.4 Å². The van der Waals surface area contributed by atoms with Crippen molar-refractivity contribution in [2.45, 2.75) is 19.6 Å². The molecule has 0 saturated carbocycles. The maximum atomic E-state index is 5.42. The molecule has 148 valence electrons. The SMILES string of the molecule is COc1ccccc1/C=N/OCc1nc2c3c4c(sc3ncn2n1)CN(C)CC4. The number of para-hydroxylation sites is 1. The summed E-state index contributed by atoms with van der Waals surface area (Å²) in [4.78, 5) is 19.4. The fourth-order valence-corrected chi connectivity index (χ4v) is 4.85. The van der Waals surface area contributed by atoms with Gasteiger partial charge in [0.05, 0.1) is 18.7 Å². The third-order valence-electron chi connectivity index (χ3n) is 5.01. The molecule has 1 aromatic carbocycles. The highest BCUT2D eigenvalue weighted by atomic mass is 32.1. The van der Waals surface area contributed by atoms with Crippen molar-refractivity contribution in [3.8, 4) is 5.75 Å². The molecule has 29 heavy (non-hydrogen) atoms. The van der Waals surface area contributed by atoms with Crippen LogP contribution in [0.1, 0.15) is 21.8 Å². The minimum atomic E-state index is 0.184. The fraction of sp³-hybridized carbons (Fsp3) is 0.300. The van der Waals surface area contributed by atoms with Gasteiger partial charge in [-0.15, -0.1) is 16.4 Å². The lowest BCUT2D eigenvalue weighted by molar-refractivity contribution is 0.126. The quantitative estimate of drug-likeness (QED) is 0.373. The number of oxime groups is 1. The van der Waals surface area contributed by atoms with E-state index in [-0.39, 0.29) is 6.61 Å². The minimum absolute atomic E-state index is 0.184. The molecule has 0 aliphatic carbocycles. The first-order valence-electron chi connectivity index (χ1n) is 9.34. The summed E-state index contributed by atoms with van der Waals surface area (Å²) in [5.74, 6) is 1.32. The van der Waals surface area contributed by atoms with Gasteiger partial charge in [0.2, 0.25) is 0 Å². The average molecular weight is 408 g/mol. The molecule has 0 amide bonds. The molecule has 3 aromatic heterocycles. The lowest BCUT2D eigenvalue weighted by atomic mass is 10.1. The van der Waals surface area contributed by atoms with Crippen LogP contribution in [-0.2, 0) is 24.4 Å². The number of aromatic nitrogens is 4. The van der Waals surface area contributed by atoms with Crippen LogP contribution in [0.2, 0.25) is 0 Å². The van der Waals surface area contributed by atoms with Crippen molar-refractivity contribution < 1.29 is 9.57 Å². The van der Waals surface area contributed by atoms with Gasteiger partial charge in [0.1, 0.15) is 16.9 Å². The van der Waals surface area contributed by atoms with E-state index < -0.39 is 0 Å². The van der Waals surface area contributed by atoms with E-state index in [9.17, 15) is 0 Å². The minimum Gasteiger partial charge on any atom is -0.496 e. The Balaban J connectivity index is 1.39. The standard InChI is InChI=1S/C20H20N6O2S/c1-25-8-7-14-16(10-25)29-20-18(14)19-23-17(24-26(19)12-21-20)11-28-22-9-13-5-3-4-6-15(13)27-2/h3-6,9,12H,7-8,10-11H2,1-2H3/b22-9+. The number of methoxy groups -OCH3 is 1. The van der Waals surface area contributed by atoms with Gasteiger partial charge in [-0.25, -0.2) is 14.5 Å². The summed E-state index contributed by atoms with van der Waals surface area (Å²) in [5, 5.41) is 9.65. The molecule has 4 aromatic rings. The second kappa shape index (κ2) is 7.41. The van der Waals surface area contributed by atoms with Crippen LogP contribution in [0.15, 0.2) is 35.7 Å². The van der Waals surface area contributed by atoms with Crippen LogP contribution < -0.4 is 4.74 Å². The number of nitrogens with zero attached hydrogens (tertiary/aromatic N) is 6. The highest BCUT2D eigenvalue weighted by molar-refractivity contribution is 7.19. The molecule has 5 rings (SSSR count). The first kappa shape index (κ1) is 18.0. The third-order valence-corrected chi connectivity index (χ3v) is 6.14. The third kappa shape index (κ3) is 3.32. The summed E-state index contributed by atoms with van der Waals surface area (Å²) in [7, 11) is 3.78. The molecular weight excluding hydrogens is 388 g/mol. The Kier molecular flexibility index (Phi) is 4.61. The van der Waals surface area contributed by atoms with Gasteiger partial charge in [-0.3, -0.25) is 0 Å². The molecule has 0 atom stereocenters. The van der Waals surface area contributed by atoms with E-state index in [0.29, 0.717) is 5.82 Å². The van der Waals surface area contributed by atoms with Crippen LogP contribution in [0.25, 0.3) is 15.9 Å². The predicted molar refractivity (Wildman–Crippen MR) is 112 cm³/mol. The Morgan fingerprint density at radius 3 is 3.10 bits per heavy atom. The fourth-order valence-electron chi connectivity index (χ4n) is 3.59. The normalized spacial score (nSPS) is 14.7. The second-order valence-electron chi connectivity index (χ2n) is 6.96. The van der Waals surface area contributed by atoms with Crippen LogP contribution in [0, 0.1) is 0 Å². The molecule has 1 aliphatic rings. The number of ether oxygens (including phenoxy) is 1. The molecule has 0 N–H and O–H groups in total. The van der Waals surface area contributed by atoms with Gasteiger partial charge < -0.3 is 14.5 Å². The number of likely N-dealkylation sites (N-methyl/N-ethyl adjacent to an activating group) is 1. The van der Waals surface area contributed by atoms with E-state index in [1.54, 1.807) is 35.5 Å². The molecule has 0 fully saturated rings. The highest BCUT2D eigenvalue weighted by Gasteiger charge is 2.22. The molecule has 9 heteroatoms. The van der Waals surface area contributed by atoms with Gasteiger partial charge in [-0.1, -0.05) is 17.3 Å². The number of rotatable bonds is 5. The van der Waals surface area contributed by atoms with Gasteiger partial charge in [-0.05, 0) is 31.2 Å². The van der Waals surface area contributed by atoms with Gasteiger partial charge in [0, 0.05) is 23.5 Å². The van der Waals surface area contributed by atoms with Crippen LogP contribution in [0.4, 0.5) is 0 Å². The van der Waals surface area contributed by atoms with E-state index in [1.807, 2.05) is 24.3 Å². The Morgan fingerprint density at radius 2 is 2.21 bits per heavy atom. The largest absolute Gasteiger partial charge is 0.496 e. The second-order valence-corrected chi connectivity index (χ2v) is 8.05. The van der Waals surface area contributed by atoms with Gasteiger partial charge >= 0.3 is 0 Å². The monoisotopic (exact) mass is 408 g/mol. The zero-order valence-corrected chi connectivity index (χ0v) is 17.0. The Bertz CT molecular complexity index is 1210. The van der Waals surface area contributed by atoms with Crippen molar-refractivity contribution in [1.82, 2.24) is 24.5 Å². The van der Waals surface area contributed by atoms with Crippen LogP contribution in [0.3, 0.4) is 0 Å². The maximum Gasteiger partial charge on any atom is 0.192 e. The summed E-state index contributed by atoms with van der Waals surface area (Å²) < 4.78 is 7.03. The molecule has 4 heterocycles.